The first-order valence-corrected chi connectivity index (χ1v) is 5.04. The van der Waals surface area contributed by atoms with E-state index in [9.17, 15) is 9.18 Å². The Labute approximate surface area is 97.6 Å². The van der Waals surface area contributed by atoms with E-state index >= 15 is 0 Å². The molecule has 0 aliphatic heterocycles. The molecule has 0 aliphatic carbocycles. The van der Waals surface area contributed by atoms with Crippen LogP contribution in [0.4, 0.5) is 4.39 Å². The van der Waals surface area contributed by atoms with Crippen LogP contribution in [0.2, 0.25) is 0 Å². The van der Waals surface area contributed by atoms with Crippen molar-refractivity contribution in [2.24, 2.45) is 0 Å². The molecule has 2 aromatic rings. The molecule has 0 atom stereocenters. The zero-order chi connectivity index (χ0) is 12.4. The van der Waals surface area contributed by atoms with E-state index in [1.54, 1.807) is 19.1 Å². The molecule has 0 saturated carbocycles. The minimum absolute atomic E-state index is 0.0655. The lowest BCUT2D eigenvalue weighted by molar-refractivity contribution is 0.0697. The molecule has 0 unspecified atom stereocenters. The molecule has 86 valence electrons. The van der Waals surface area contributed by atoms with Crippen molar-refractivity contribution in [2.45, 2.75) is 6.92 Å². The molecule has 3 nitrogen and oxygen atoms in total. The molecular formula is C13H10FNO2. The number of pyridine rings is 1. The van der Waals surface area contributed by atoms with Crippen LogP contribution in [-0.4, -0.2) is 16.1 Å². The molecule has 0 saturated heterocycles. The molecule has 0 radical (unpaired) electrons. The number of aryl methyl sites for hydroxylation is 1. The van der Waals surface area contributed by atoms with Crippen LogP contribution in [0, 0.1) is 12.7 Å². The third kappa shape index (κ3) is 2.15. The number of carbonyl (C=O) groups is 1. The zero-order valence-electron chi connectivity index (χ0n) is 9.14. The van der Waals surface area contributed by atoms with Crippen molar-refractivity contribution in [3.05, 3.63) is 53.5 Å². The summed E-state index contributed by atoms with van der Waals surface area (Å²) >= 11 is 0. The van der Waals surface area contributed by atoms with Crippen molar-refractivity contribution in [3.8, 4) is 11.3 Å². The molecule has 0 fully saturated rings. The maximum Gasteiger partial charge on any atom is 0.337 e. The second kappa shape index (κ2) is 4.33. The average molecular weight is 231 g/mol. The van der Waals surface area contributed by atoms with E-state index in [0.717, 1.165) is 0 Å². The van der Waals surface area contributed by atoms with E-state index in [1.165, 1.54) is 24.4 Å². The van der Waals surface area contributed by atoms with Crippen LogP contribution < -0.4 is 0 Å². The van der Waals surface area contributed by atoms with Crippen LogP contribution in [0.25, 0.3) is 11.3 Å². The Morgan fingerprint density at radius 3 is 2.76 bits per heavy atom. The number of carboxylic acid groups (broad SMARTS) is 1. The highest BCUT2D eigenvalue weighted by atomic mass is 19.1. The first-order valence-electron chi connectivity index (χ1n) is 5.04. The number of aromatic nitrogens is 1. The number of aromatic carboxylic acids is 1. The van der Waals surface area contributed by atoms with Gasteiger partial charge in [0.25, 0.3) is 0 Å². The van der Waals surface area contributed by atoms with Crippen molar-refractivity contribution in [1.29, 1.82) is 0 Å². The molecular weight excluding hydrogens is 221 g/mol. The molecule has 1 aromatic carbocycles. The van der Waals surface area contributed by atoms with E-state index in [0.29, 0.717) is 11.1 Å². The van der Waals surface area contributed by atoms with Gasteiger partial charge in [0.15, 0.2) is 0 Å². The van der Waals surface area contributed by atoms with Gasteiger partial charge in [-0.1, -0.05) is 12.1 Å². The molecule has 1 aromatic heterocycles. The molecule has 4 heteroatoms. The summed E-state index contributed by atoms with van der Waals surface area (Å²) in [6.07, 6.45) is 1.49. The first kappa shape index (κ1) is 11.3. The largest absolute Gasteiger partial charge is 0.478 e. The third-order valence-corrected chi connectivity index (χ3v) is 2.48. The third-order valence-electron chi connectivity index (χ3n) is 2.48. The number of hydrogen-bond acceptors (Lipinski definition) is 2. The lowest BCUT2D eigenvalue weighted by Crippen LogP contribution is -2.01. The number of hydrogen-bond donors (Lipinski definition) is 1. The standard InChI is InChI=1S/C13H10FNO2/c1-8-4-5-9(7-11(8)14)12-10(13(16)17)3-2-6-15-12/h2-7H,1H3,(H,16,17). The molecule has 17 heavy (non-hydrogen) atoms. The van der Waals surface area contributed by atoms with Gasteiger partial charge in [0, 0.05) is 11.8 Å². The van der Waals surface area contributed by atoms with E-state index in [2.05, 4.69) is 4.98 Å². The average Bonchev–Trinajstić information content (AvgIpc) is 2.32. The van der Waals surface area contributed by atoms with Crippen LogP contribution in [0.3, 0.4) is 0 Å². The highest BCUT2D eigenvalue weighted by Crippen LogP contribution is 2.23. The summed E-state index contributed by atoms with van der Waals surface area (Å²) in [5.41, 5.74) is 1.32. The minimum atomic E-state index is -1.07. The van der Waals surface area contributed by atoms with Gasteiger partial charge in [-0.05, 0) is 30.7 Å². The quantitative estimate of drug-likeness (QED) is 0.864. The van der Waals surface area contributed by atoms with Crippen molar-refractivity contribution in [1.82, 2.24) is 4.98 Å². The van der Waals surface area contributed by atoms with Crippen molar-refractivity contribution in [2.75, 3.05) is 0 Å². The number of benzene rings is 1. The zero-order valence-corrected chi connectivity index (χ0v) is 9.14. The van der Waals surface area contributed by atoms with E-state index < -0.39 is 5.97 Å². The predicted molar refractivity (Wildman–Crippen MR) is 61.3 cm³/mol. The molecule has 1 N–H and O–H groups in total. The van der Waals surface area contributed by atoms with Gasteiger partial charge in [-0.3, -0.25) is 4.98 Å². The Balaban J connectivity index is 2.60. The van der Waals surface area contributed by atoms with Crippen LogP contribution in [0.1, 0.15) is 15.9 Å². The SMILES string of the molecule is Cc1ccc(-c2ncccc2C(=O)O)cc1F. The Kier molecular flexibility index (Phi) is 2.87. The van der Waals surface area contributed by atoms with Gasteiger partial charge in [0.2, 0.25) is 0 Å². The highest BCUT2D eigenvalue weighted by Gasteiger charge is 2.13. The van der Waals surface area contributed by atoms with Crippen molar-refractivity contribution >= 4 is 5.97 Å². The smallest absolute Gasteiger partial charge is 0.337 e. The Morgan fingerprint density at radius 2 is 2.12 bits per heavy atom. The molecule has 0 aliphatic rings. The molecule has 0 amide bonds. The lowest BCUT2D eigenvalue weighted by atomic mass is 10.0. The summed E-state index contributed by atoms with van der Waals surface area (Å²) in [5.74, 6) is -1.45. The second-order valence-corrected chi connectivity index (χ2v) is 3.67. The van der Waals surface area contributed by atoms with E-state index in [-0.39, 0.29) is 17.1 Å². The summed E-state index contributed by atoms with van der Waals surface area (Å²) < 4.78 is 13.4. The second-order valence-electron chi connectivity index (χ2n) is 3.67. The van der Waals surface area contributed by atoms with Gasteiger partial charge < -0.3 is 5.11 Å². The van der Waals surface area contributed by atoms with Gasteiger partial charge >= 0.3 is 5.97 Å². The first-order chi connectivity index (χ1) is 8.09. The fourth-order valence-electron chi connectivity index (χ4n) is 1.55. The topological polar surface area (TPSA) is 50.2 Å². The summed E-state index contributed by atoms with van der Waals surface area (Å²) in [6.45, 7) is 1.65. The highest BCUT2D eigenvalue weighted by molar-refractivity contribution is 5.94. The van der Waals surface area contributed by atoms with Gasteiger partial charge in [-0.25, -0.2) is 9.18 Å². The number of halogens is 1. The van der Waals surface area contributed by atoms with Crippen LogP contribution in [-0.2, 0) is 0 Å². The summed E-state index contributed by atoms with van der Waals surface area (Å²) in [4.78, 5) is 15.0. The van der Waals surface area contributed by atoms with Gasteiger partial charge in [0.1, 0.15) is 5.82 Å². The van der Waals surface area contributed by atoms with Crippen LogP contribution in [0.5, 0.6) is 0 Å². The Morgan fingerprint density at radius 1 is 1.35 bits per heavy atom. The van der Waals surface area contributed by atoms with Crippen LogP contribution in [0.15, 0.2) is 36.5 Å². The van der Waals surface area contributed by atoms with Gasteiger partial charge in [0.05, 0.1) is 11.3 Å². The summed E-state index contributed by atoms with van der Waals surface area (Å²) in [6, 6.07) is 7.54. The van der Waals surface area contributed by atoms with E-state index in [1.807, 2.05) is 0 Å². The van der Waals surface area contributed by atoms with Crippen LogP contribution >= 0.6 is 0 Å². The fraction of sp³-hybridized carbons (Fsp3) is 0.0769. The van der Waals surface area contributed by atoms with Crippen molar-refractivity contribution in [3.63, 3.8) is 0 Å². The number of carboxylic acids is 1. The molecule has 1 heterocycles. The molecule has 2 rings (SSSR count). The molecule has 0 spiro atoms. The Bertz CT molecular complexity index is 581. The maximum atomic E-state index is 13.4. The normalized spacial score (nSPS) is 10.2. The maximum absolute atomic E-state index is 13.4. The van der Waals surface area contributed by atoms with Gasteiger partial charge in [-0.2, -0.15) is 0 Å². The summed E-state index contributed by atoms with van der Waals surface area (Å²) in [5, 5.41) is 9.02. The molecule has 0 bridgehead atoms. The minimum Gasteiger partial charge on any atom is -0.478 e. The number of nitrogens with zero attached hydrogens (tertiary/aromatic N) is 1. The van der Waals surface area contributed by atoms with Gasteiger partial charge in [-0.15, -0.1) is 0 Å². The number of rotatable bonds is 2. The lowest BCUT2D eigenvalue weighted by Gasteiger charge is -2.05. The monoisotopic (exact) mass is 231 g/mol. The predicted octanol–water partition coefficient (Wildman–Crippen LogP) is 2.89. The summed E-state index contributed by atoms with van der Waals surface area (Å²) in [7, 11) is 0. The van der Waals surface area contributed by atoms with E-state index in [4.69, 9.17) is 5.11 Å². The Hall–Kier alpha value is -2.23. The fourth-order valence-corrected chi connectivity index (χ4v) is 1.55. The van der Waals surface area contributed by atoms with Crippen molar-refractivity contribution < 1.29 is 14.3 Å².